The molecule has 0 bridgehead atoms. The SMILES string of the molecule is O=C1S/C(=C\c2ccc(OS(=O)(=O)c3ccc([N+](=O)[O-])cc3)c(Br)c2)C(=O)N1Cc1ccc(F)cc1. The number of nitrogens with zero attached hydrogens (tertiary/aromatic N) is 2. The fourth-order valence-corrected chi connectivity index (χ4v) is 5.51. The number of nitro groups is 1. The molecule has 36 heavy (non-hydrogen) atoms. The number of halogens is 2. The number of nitro benzene ring substituents is 1. The Morgan fingerprint density at radius 1 is 1.06 bits per heavy atom. The number of thioether (sulfide) groups is 1. The van der Waals surface area contributed by atoms with Gasteiger partial charge in [0.1, 0.15) is 10.7 Å². The maximum absolute atomic E-state index is 13.1. The Labute approximate surface area is 217 Å². The third-order valence-electron chi connectivity index (χ3n) is 4.92. The highest BCUT2D eigenvalue weighted by Gasteiger charge is 2.35. The summed E-state index contributed by atoms with van der Waals surface area (Å²) in [6.45, 7) is -0.000732. The van der Waals surface area contributed by atoms with Crippen LogP contribution in [0.15, 0.2) is 81.0 Å². The van der Waals surface area contributed by atoms with Gasteiger partial charge in [0.15, 0.2) is 5.75 Å². The number of non-ortho nitro benzene ring substituents is 1. The topological polar surface area (TPSA) is 124 Å². The molecule has 2 amide bonds. The summed E-state index contributed by atoms with van der Waals surface area (Å²) in [6.07, 6.45) is 1.48. The third kappa shape index (κ3) is 5.64. The van der Waals surface area contributed by atoms with E-state index in [0.29, 0.717) is 11.1 Å². The highest BCUT2D eigenvalue weighted by atomic mass is 79.9. The van der Waals surface area contributed by atoms with Gasteiger partial charge in [-0.25, -0.2) is 4.39 Å². The maximum atomic E-state index is 13.1. The summed E-state index contributed by atoms with van der Waals surface area (Å²) >= 11 is 3.99. The Balaban J connectivity index is 1.50. The van der Waals surface area contributed by atoms with Gasteiger partial charge >= 0.3 is 10.1 Å². The lowest BCUT2D eigenvalue weighted by molar-refractivity contribution is -0.384. The summed E-state index contributed by atoms with van der Waals surface area (Å²) in [5.41, 5.74) is 0.828. The lowest BCUT2D eigenvalue weighted by Crippen LogP contribution is -2.27. The molecular formula is C23H14BrFN2O7S2. The molecule has 13 heteroatoms. The van der Waals surface area contributed by atoms with E-state index >= 15 is 0 Å². The highest BCUT2D eigenvalue weighted by molar-refractivity contribution is 9.10. The van der Waals surface area contributed by atoms with Crippen molar-refractivity contribution in [2.24, 2.45) is 0 Å². The van der Waals surface area contributed by atoms with E-state index in [4.69, 9.17) is 4.18 Å². The van der Waals surface area contributed by atoms with Crippen LogP contribution in [0.1, 0.15) is 11.1 Å². The number of carbonyl (C=O) groups excluding carboxylic acids is 2. The van der Waals surface area contributed by atoms with E-state index in [1.807, 2.05) is 0 Å². The molecule has 0 atom stereocenters. The van der Waals surface area contributed by atoms with Crippen molar-refractivity contribution in [3.63, 3.8) is 0 Å². The zero-order chi connectivity index (χ0) is 26.0. The van der Waals surface area contributed by atoms with E-state index in [1.54, 1.807) is 0 Å². The van der Waals surface area contributed by atoms with Crippen molar-refractivity contribution in [3.05, 3.63) is 103 Å². The minimum Gasteiger partial charge on any atom is -0.378 e. The molecule has 0 N–H and O–H groups in total. The van der Waals surface area contributed by atoms with E-state index in [-0.39, 0.29) is 32.3 Å². The molecule has 1 aliphatic heterocycles. The predicted octanol–water partition coefficient (Wildman–Crippen LogP) is 5.50. The second-order valence-electron chi connectivity index (χ2n) is 7.37. The van der Waals surface area contributed by atoms with Crippen LogP contribution in [0.5, 0.6) is 5.75 Å². The molecule has 0 spiro atoms. The lowest BCUT2D eigenvalue weighted by atomic mass is 10.2. The quantitative estimate of drug-likeness (QED) is 0.152. The summed E-state index contributed by atoms with van der Waals surface area (Å²) in [6, 6.07) is 14.1. The molecule has 0 aliphatic carbocycles. The van der Waals surface area contributed by atoms with Crippen LogP contribution in [0.2, 0.25) is 0 Å². The average Bonchev–Trinajstić information content (AvgIpc) is 3.09. The normalized spacial score (nSPS) is 14.9. The van der Waals surface area contributed by atoms with Crippen LogP contribution in [-0.4, -0.2) is 29.4 Å². The largest absolute Gasteiger partial charge is 0.378 e. The van der Waals surface area contributed by atoms with Crippen LogP contribution in [-0.2, 0) is 21.5 Å². The Hall–Kier alpha value is -3.55. The minimum atomic E-state index is -4.27. The summed E-state index contributed by atoms with van der Waals surface area (Å²) in [5, 5.41) is 10.3. The van der Waals surface area contributed by atoms with Crippen molar-refractivity contribution in [2.45, 2.75) is 11.4 Å². The second-order valence-corrected chi connectivity index (χ2v) is 10.8. The van der Waals surface area contributed by atoms with Crippen molar-refractivity contribution in [1.82, 2.24) is 4.90 Å². The van der Waals surface area contributed by atoms with Crippen LogP contribution in [0, 0.1) is 15.9 Å². The van der Waals surface area contributed by atoms with Gasteiger partial charge in [-0.2, -0.15) is 8.42 Å². The van der Waals surface area contributed by atoms with Gasteiger partial charge in [-0.1, -0.05) is 18.2 Å². The maximum Gasteiger partial charge on any atom is 0.339 e. The Bertz CT molecular complexity index is 1510. The van der Waals surface area contributed by atoms with Gasteiger partial charge in [-0.3, -0.25) is 24.6 Å². The number of hydrogen-bond acceptors (Lipinski definition) is 8. The molecule has 9 nitrogen and oxygen atoms in total. The zero-order valence-electron chi connectivity index (χ0n) is 18.0. The van der Waals surface area contributed by atoms with E-state index in [0.717, 1.165) is 40.9 Å². The average molecular weight is 593 g/mol. The Morgan fingerprint density at radius 2 is 1.72 bits per heavy atom. The molecule has 4 rings (SSSR count). The van der Waals surface area contributed by atoms with E-state index < -0.39 is 32.0 Å². The summed E-state index contributed by atoms with van der Waals surface area (Å²) in [5.74, 6) is -0.979. The van der Waals surface area contributed by atoms with Crippen molar-refractivity contribution in [2.75, 3.05) is 0 Å². The molecular weight excluding hydrogens is 579 g/mol. The number of imide groups is 1. The Kier molecular flexibility index (Phi) is 7.24. The molecule has 3 aromatic carbocycles. The number of amides is 2. The first-order valence-electron chi connectivity index (χ1n) is 10.0. The van der Waals surface area contributed by atoms with E-state index in [9.17, 15) is 32.5 Å². The predicted molar refractivity (Wildman–Crippen MR) is 133 cm³/mol. The summed E-state index contributed by atoms with van der Waals surface area (Å²) in [4.78, 5) is 36.1. The monoisotopic (exact) mass is 592 g/mol. The van der Waals surface area contributed by atoms with Crippen LogP contribution >= 0.6 is 27.7 Å². The molecule has 0 unspecified atom stereocenters. The summed E-state index contributed by atoms with van der Waals surface area (Å²) in [7, 11) is -4.27. The fourth-order valence-electron chi connectivity index (χ4n) is 3.14. The molecule has 3 aromatic rings. The minimum absolute atomic E-state index is 0.000732. The molecule has 184 valence electrons. The van der Waals surface area contributed by atoms with Crippen LogP contribution < -0.4 is 4.18 Å². The van der Waals surface area contributed by atoms with Gasteiger partial charge in [-0.15, -0.1) is 0 Å². The van der Waals surface area contributed by atoms with Crippen LogP contribution in [0.4, 0.5) is 14.9 Å². The van der Waals surface area contributed by atoms with Crippen molar-refractivity contribution >= 4 is 60.7 Å². The second kappa shape index (κ2) is 10.2. The smallest absolute Gasteiger partial charge is 0.339 e. The van der Waals surface area contributed by atoms with Crippen molar-refractivity contribution in [1.29, 1.82) is 0 Å². The highest BCUT2D eigenvalue weighted by Crippen LogP contribution is 2.35. The van der Waals surface area contributed by atoms with Crippen LogP contribution in [0.3, 0.4) is 0 Å². The standard InChI is InChI=1S/C23H14BrFN2O7S2/c24-19-11-15(3-10-20(19)34-36(32,33)18-8-6-17(7-9-18)27(30)31)12-21-22(28)26(23(29)35-21)13-14-1-4-16(25)5-2-14/h1-12H,13H2/b21-12-. The van der Waals surface area contributed by atoms with Gasteiger partial charge < -0.3 is 4.18 Å². The van der Waals surface area contributed by atoms with Crippen molar-refractivity contribution < 1.29 is 31.5 Å². The van der Waals surface area contributed by atoms with Gasteiger partial charge in [0.05, 0.1) is 20.8 Å². The third-order valence-corrected chi connectivity index (χ3v) is 7.69. The molecule has 0 radical (unpaired) electrons. The first-order valence-corrected chi connectivity index (χ1v) is 13.0. The van der Waals surface area contributed by atoms with Gasteiger partial charge in [0, 0.05) is 12.1 Å². The number of hydrogen-bond donors (Lipinski definition) is 0. The van der Waals surface area contributed by atoms with E-state index in [2.05, 4.69) is 15.9 Å². The first kappa shape index (κ1) is 25.5. The van der Waals surface area contributed by atoms with E-state index in [1.165, 1.54) is 48.5 Å². The molecule has 0 saturated carbocycles. The Morgan fingerprint density at radius 3 is 2.33 bits per heavy atom. The molecule has 1 saturated heterocycles. The molecule has 1 fully saturated rings. The first-order chi connectivity index (χ1) is 17.0. The van der Waals surface area contributed by atoms with Gasteiger partial charge in [-0.05, 0) is 81.3 Å². The molecule has 1 aliphatic rings. The number of benzene rings is 3. The summed E-state index contributed by atoms with van der Waals surface area (Å²) < 4.78 is 43.6. The fraction of sp³-hybridized carbons (Fsp3) is 0.0435. The van der Waals surface area contributed by atoms with Crippen molar-refractivity contribution in [3.8, 4) is 5.75 Å². The number of carbonyl (C=O) groups is 2. The van der Waals surface area contributed by atoms with Gasteiger partial charge in [0.2, 0.25) is 0 Å². The zero-order valence-corrected chi connectivity index (χ0v) is 21.2. The molecule has 1 heterocycles. The molecule has 0 aromatic heterocycles. The van der Waals surface area contributed by atoms with Crippen LogP contribution in [0.25, 0.3) is 6.08 Å². The van der Waals surface area contributed by atoms with Gasteiger partial charge in [0.25, 0.3) is 16.8 Å². The lowest BCUT2D eigenvalue weighted by Gasteiger charge is -2.12. The number of rotatable bonds is 7.